The quantitative estimate of drug-likeness (QED) is 0.758. The summed E-state index contributed by atoms with van der Waals surface area (Å²) in [6, 6.07) is 0. The van der Waals surface area contributed by atoms with Gasteiger partial charge in [-0.2, -0.15) is 13.2 Å². The van der Waals surface area contributed by atoms with Crippen molar-refractivity contribution >= 4 is 10.0 Å². The van der Waals surface area contributed by atoms with Crippen molar-refractivity contribution in [2.75, 3.05) is 32.4 Å². The Morgan fingerprint density at radius 1 is 1.32 bits per heavy atom. The molecule has 0 spiro atoms. The smallest absolute Gasteiger partial charge is 0.320 e. The Bertz CT molecular complexity index is 371. The molecule has 0 amide bonds. The standard InChI is InChI=1S/C11H21F3N2O2S/c1-15-6-2-3-8-19(17,18)16-7-4-5-10(9-16)11(12,13)14/h10,15H,2-9H2,1H3. The molecule has 1 atom stereocenters. The first-order valence-corrected chi connectivity index (χ1v) is 8.07. The maximum atomic E-state index is 12.6. The van der Waals surface area contributed by atoms with Gasteiger partial charge in [0.1, 0.15) is 0 Å². The van der Waals surface area contributed by atoms with Crippen molar-refractivity contribution in [1.82, 2.24) is 9.62 Å². The van der Waals surface area contributed by atoms with Gasteiger partial charge in [0.15, 0.2) is 0 Å². The molecule has 0 saturated carbocycles. The van der Waals surface area contributed by atoms with Crippen LogP contribution in [-0.4, -0.2) is 51.3 Å². The lowest BCUT2D eigenvalue weighted by molar-refractivity contribution is -0.182. The summed E-state index contributed by atoms with van der Waals surface area (Å²) >= 11 is 0. The zero-order chi connectivity index (χ0) is 14.5. The number of hydrogen-bond acceptors (Lipinski definition) is 3. The van der Waals surface area contributed by atoms with E-state index in [1.54, 1.807) is 7.05 Å². The molecule has 1 heterocycles. The van der Waals surface area contributed by atoms with Gasteiger partial charge in [-0.15, -0.1) is 0 Å². The number of alkyl halides is 3. The summed E-state index contributed by atoms with van der Waals surface area (Å²) in [5.74, 6) is -1.59. The number of sulfonamides is 1. The van der Waals surface area contributed by atoms with Crippen LogP contribution in [0.4, 0.5) is 13.2 Å². The lowest BCUT2D eigenvalue weighted by Gasteiger charge is -2.32. The fraction of sp³-hybridized carbons (Fsp3) is 1.00. The molecule has 0 radical (unpaired) electrons. The van der Waals surface area contributed by atoms with Crippen LogP contribution >= 0.6 is 0 Å². The Morgan fingerprint density at radius 3 is 2.58 bits per heavy atom. The summed E-state index contributed by atoms with van der Waals surface area (Å²) in [6.07, 6.45) is -2.84. The molecule has 1 unspecified atom stereocenters. The fourth-order valence-electron chi connectivity index (χ4n) is 2.18. The lowest BCUT2D eigenvalue weighted by Crippen LogP contribution is -2.45. The molecule has 0 aromatic rings. The van der Waals surface area contributed by atoms with Gasteiger partial charge in [0, 0.05) is 13.1 Å². The number of halogens is 3. The van der Waals surface area contributed by atoms with Gasteiger partial charge in [-0.25, -0.2) is 12.7 Å². The molecule has 8 heteroatoms. The molecular weight excluding hydrogens is 281 g/mol. The van der Waals surface area contributed by atoms with E-state index in [2.05, 4.69) is 5.32 Å². The van der Waals surface area contributed by atoms with Crippen LogP contribution in [-0.2, 0) is 10.0 Å². The Morgan fingerprint density at radius 2 is 2.00 bits per heavy atom. The summed E-state index contributed by atoms with van der Waals surface area (Å²) in [6.45, 7) is 0.500. The van der Waals surface area contributed by atoms with Crippen LogP contribution < -0.4 is 5.32 Å². The van der Waals surface area contributed by atoms with E-state index in [1.807, 2.05) is 0 Å². The third-order valence-corrected chi connectivity index (χ3v) is 5.24. The summed E-state index contributed by atoms with van der Waals surface area (Å²) in [7, 11) is -1.78. The zero-order valence-electron chi connectivity index (χ0n) is 11.0. The van der Waals surface area contributed by atoms with Crippen LogP contribution in [0.15, 0.2) is 0 Å². The van der Waals surface area contributed by atoms with Crippen molar-refractivity contribution in [2.45, 2.75) is 31.9 Å². The van der Waals surface area contributed by atoms with Crippen molar-refractivity contribution in [3.8, 4) is 0 Å². The van der Waals surface area contributed by atoms with Crippen LogP contribution in [0.1, 0.15) is 25.7 Å². The van der Waals surface area contributed by atoms with E-state index in [-0.39, 0.29) is 25.1 Å². The summed E-state index contributed by atoms with van der Waals surface area (Å²) in [5, 5.41) is 2.90. The van der Waals surface area contributed by atoms with Crippen LogP contribution in [0.5, 0.6) is 0 Å². The van der Waals surface area contributed by atoms with Crippen molar-refractivity contribution in [2.24, 2.45) is 5.92 Å². The Labute approximate surface area is 112 Å². The molecule has 0 aromatic carbocycles. The molecule has 19 heavy (non-hydrogen) atoms. The average molecular weight is 302 g/mol. The highest BCUT2D eigenvalue weighted by molar-refractivity contribution is 7.89. The topological polar surface area (TPSA) is 49.4 Å². The molecule has 1 fully saturated rings. The predicted octanol–water partition coefficient (Wildman–Crippen LogP) is 1.59. The van der Waals surface area contributed by atoms with Gasteiger partial charge in [-0.3, -0.25) is 0 Å². The largest absolute Gasteiger partial charge is 0.393 e. The van der Waals surface area contributed by atoms with Crippen LogP contribution in [0, 0.1) is 5.92 Å². The van der Waals surface area contributed by atoms with Crippen molar-refractivity contribution in [3.05, 3.63) is 0 Å². The molecular formula is C11H21F3N2O2S. The van der Waals surface area contributed by atoms with E-state index in [9.17, 15) is 21.6 Å². The second-order valence-electron chi connectivity index (χ2n) is 4.87. The number of unbranched alkanes of at least 4 members (excludes halogenated alkanes) is 1. The van der Waals surface area contributed by atoms with E-state index in [0.29, 0.717) is 19.4 Å². The molecule has 0 aliphatic carbocycles. The normalized spacial score (nSPS) is 22.6. The van der Waals surface area contributed by atoms with Crippen LogP contribution in [0.25, 0.3) is 0 Å². The van der Waals surface area contributed by atoms with Crippen molar-refractivity contribution < 1.29 is 21.6 Å². The zero-order valence-corrected chi connectivity index (χ0v) is 11.9. The van der Waals surface area contributed by atoms with E-state index in [4.69, 9.17) is 0 Å². The van der Waals surface area contributed by atoms with E-state index < -0.39 is 28.7 Å². The Balaban J connectivity index is 2.53. The van der Waals surface area contributed by atoms with Gasteiger partial charge in [0.05, 0.1) is 11.7 Å². The number of nitrogens with zero attached hydrogens (tertiary/aromatic N) is 1. The highest BCUT2D eigenvalue weighted by Gasteiger charge is 2.43. The molecule has 0 aromatic heterocycles. The maximum Gasteiger partial charge on any atom is 0.393 e. The second-order valence-corrected chi connectivity index (χ2v) is 6.95. The third kappa shape index (κ3) is 5.27. The first-order chi connectivity index (χ1) is 8.77. The number of rotatable bonds is 6. The highest BCUT2D eigenvalue weighted by atomic mass is 32.2. The maximum absolute atomic E-state index is 12.6. The molecule has 1 aliphatic heterocycles. The minimum atomic E-state index is -4.31. The van der Waals surface area contributed by atoms with Gasteiger partial charge in [0.2, 0.25) is 10.0 Å². The second kappa shape index (κ2) is 6.90. The highest BCUT2D eigenvalue weighted by Crippen LogP contribution is 2.34. The van der Waals surface area contributed by atoms with Gasteiger partial charge in [-0.05, 0) is 39.3 Å². The van der Waals surface area contributed by atoms with Gasteiger partial charge >= 0.3 is 6.18 Å². The molecule has 114 valence electrons. The summed E-state index contributed by atoms with van der Waals surface area (Å²) < 4.78 is 62.8. The van der Waals surface area contributed by atoms with Gasteiger partial charge in [0.25, 0.3) is 0 Å². The third-order valence-electron chi connectivity index (χ3n) is 3.32. The SMILES string of the molecule is CNCCCCS(=O)(=O)N1CCCC(C(F)(F)F)C1. The lowest BCUT2D eigenvalue weighted by atomic mass is 9.99. The monoisotopic (exact) mass is 302 g/mol. The first kappa shape index (κ1) is 16.7. The molecule has 4 nitrogen and oxygen atoms in total. The minimum absolute atomic E-state index is 0.0231. The van der Waals surface area contributed by atoms with Crippen LogP contribution in [0.3, 0.4) is 0 Å². The molecule has 0 bridgehead atoms. The van der Waals surface area contributed by atoms with Gasteiger partial charge in [-0.1, -0.05) is 0 Å². The minimum Gasteiger partial charge on any atom is -0.320 e. The summed E-state index contributed by atoms with van der Waals surface area (Å²) in [4.78, 5) is 0. The van der Waals surface area contributed by atoms with Crippen LogP contribution in [0.2, 0.25) is 0 Å². The van der Waals surface area contributed by atoms with E-state index in [1.165, 1.54) is 0 Å². The van der Waals surface area contributed by atoms with Gasteiger partial charge < -0.3 is 5.32 Å². The fourth-order valence-corrected chi connectivity index (χ4v) is 3.82. The summed E-state index contributed by atoms with van der Waals surface area (Å²) in [5.41, 5.74) is 0. The average Bonchev–Trinajstić information content (AvgIpc) is 2.34. The number of hydrogen-bond donors (Lipinski definition) is 1. The molecule has 1 saturated heterocycles. The number of nitrogens with one attached hydrogen (secondary N) is 1. The first-order valence-electron chi connectivity index (χ1n) is 6.46. The van der Waals surface area contributed by atoms with Crippen molar-refractivity contribution in [3.63, 3.8) is 0 Å². The Kier molecular flexibility index (Phi) is 6.07. The van der Waals surface area contributed by atoms with E-state index in [0.717, 1.165) is 4.31 Å². The Hall–Kier alpha value is -0.340. The number of piperidine rings is 1. The predicted molar refractivity (Wildman–Crippen MR) is 67.3 cm³/mol. The molecule has 1 rings (SSSR count). The molecule has 1 aliphatic rings. The van der Waals surface area contributed by atoms with E-state index >= 15 is 0 Å². The molecule has 1 N–H and O–H groups in total. The van der Waals surface area contributed by atoms with Crippen molar-refractivity contribution in [1.29, 1.82) is 0 Å².